The van der Waals surface area contributed by atoms with Crippen LogP contribution in [0.25, 0.3) is 0 Å². The number of nitrogens with two attached hydrogens (primary N) is 1. The van der Waals surface area contributed by atoms with Gasteiger partial charge in [-0.25, -0.2) is 8.42 Å². The van der Waals surface area contributed by atoms with E-state index in [4.69, 9.17) is 27.3 Å². The zero-order valence-electron chi connectivity index (χ0n) is 17.9. The van der Waals surface area contributed by atoms with Gasteiger partial charge >= 0.3 is 0 Å². The number of benzene rings is 2. The molecule has 2 unspecified atom stereocenters. The van der Waals surface area contributed by atoms with Crippen LogP contribution in [-0.2, 0) is 33.3 Å². The van der Waals surface area contributed by atoms with Gasteiger partial charge in [0.2, 0.25) is 15.0 Å². The summed E-state index contributed by atoms with van der Waals surface area (Å²) in [5.41, 5.74) is 8.32. The molecule has 2 heterocycles. The van der Waals surface area contributed by atoms with Crippen LogP contribution in [0.5, 0.6) is 0 Å². The summed E-state index contributed by atoms with van der Waals surface area (Å²) >= 11 is 5.97. The monoisotopic (exact) mass is 485 g/mol. The van der Waals surface area contributed by atoms with Crippen LogP contribution in [-0.4, -0.2) is 35.9 Å². The lowest BCUT2D eigenvalue weighted by Gasteiger charge is -2.18. The van der Waals surface area contributed by atoms with Gasteiger partial charge in [-0.05, 0) is 54.7 Å². The molecule has 0 aliphatic carbocycles. The number of hydrogen-bond acceptors (Lipinski definition) is 7. The van der Waals surface area contributed by atoms with Crippen LogP contribution in [0.2, 0.25) is 5.02 Å². The maximum absolute atomic E-state index is 13.3. The second kappa shape index (κ2) is 10.0. The van der Waals surface area contributed by atoms with Gasteiger partial charge in [0.15, 0.2) is 5.82 Å². The van der Waals surface area contributed by atoms with Gasteiger partial charge in [-0.2, -0.15) is 5.26 Å². The number of aromatic nitrogens is 3. The second-order valence-corrected chi connectivity index (χ2v) is 10.4. The van der Waals surface area contributed by atoms with Crippen molar-refractivity contribution < 1.29 is 13.2 Å². The molecule has 4 rings (SSSR count). The van der Waals surface area contributed by atoms with Crippen molar-refractivity contribution in [1.29, 1.82) is 5.26 Å². The highest BCUT2D eigenvalue weighted by molar-refractivity contribution is 7.90. The number of sulfone groups is 1. The van der Waals surface area contributed by atoms with E-state index in [0.717, 1.165) is 18.4 Å². The first kappa shape index (κ1) is 23.4. The molecule has 2 aromatic carbocycles. The molecule has 33 heavy (non-hydrogen) atoms. The van der Waals surface area contributed by atoms with Crippen LogP contribution in [0, 0.1) is 11.3 Å². The molecule has 172 valence electrons. The van der Waals surface area contributed by atoms with Crippen molar-refractivity contribution in [2.24, 2.45) is 5.73 Å². The summed E-state index contributed by atoms with van der Waals surface area (Å²) < 4.78 is 34.0. The van der Waals surface area contributed by atoms with Gasteiger partial charge in [-0.3, -0.25) is 4.57 Å². The van der Waals surface area contributed by atoms with Gasteiger partial charge in [0.25, 0.3) is 0 Å². The zero-order valence-corrected chi connectivity index (χ0v) is 19.5. The minimum Gasteiger partial charge on any atom is -0.376 e. The molecule has 1 aromatic heterocycles. The zero-order chi connectivity index (χ0) is 23.4. The maximum atomic E-state index is 13.3. The molecule has 3 aromatic rings. The molecule has 0 bridgehead atoms. The average molecular weight is 486 g/mol. The average Bonchev–Trinajstić information content (AvgIpc) is 3.46. The number of rotatable bonds is 8. The smallest absolute Gasteiger partial charge is 0.250 e. The summed E-state index contributed by atoms with van der Waals surface area (Å²) in [6, 6.07) is 15.3. The van der Waals surface area contributed by atoms with E-state index in [-0.39, 0.29) is 17.0 Å². The number of halogens is 1. The summed E-state index contributed by atoms with van der Waals surface area (Å²) in [6.45, 7) is 0.950. The van der Waals surface area contributed by atoms with Crippen molar-refractivity contribution in [3.8, 4) is 6.07 Å². The molecule has 0 spiro atoms. The molecule has 2 N–H and O–H groups in total. The van der Waals surface area contributed by atoms with Gasteiger partial charge in [0.05, 0.1) is 36.1 Å². The molecule has 8 nitrogen and oxygen atoms in total. The first-order chi connectivity index (χ1) is 15.9. The maximum Gasteiger partial charge on any atom is 0.250 e. The van der Waals surface area contributed by atoms with Crippen molar-refractivity contribution in [1.82, 2.24) is 14.8 Å². The van der Waals surface area contributed by atoms with Gasteiger partial charge in [-0.15, -0.1) is 10.2 Å². The number of nitrogens with zero attached hydrogens (tertiary/aromatic N) is 4. The Kier molecular flexibility index (Phi) is 7.10. The van der Waals surface area contributed by atoms with Crippen LogP contribution in [0.3, 0.4) is 0 Å². The normalized spacial score (nSPS) is 17.1. The Bertz CT molecular complexity index is 1260. The number of ether oxygens (including phenoxy) is 1. The Labute approximate surface area is 197 Å². The summed E-state index contributed by atoms with van der Waals surface area (Å²) in [5.74, 6) is 0.100. The van der Waals surface area contributed by atoms with Crippen molar-refractivity contribution in [2.45, 2.75) is 48.9 Å². The Morgan fingerprint density at radius 1 is 1.21 bits per heavy atom. The quantitative estimate of drug-likeness (QED) is 0.519. The number of nitriles is 1. The highest BCUT2D eigenvalue weighted by Crippen LogP contribution is 2.24. The van der Waals surface area contributed by atoms with E-state index in [1.54, 1.807) is 41.0 Å². The topological polar surface area (TPSA) is 124 Å². The fraction of sp³-hybridized carbons (Fsp3) is 0.348. The predicted octanol–water partition coefficient (Wildman–Crippen LogP) is 3.20. The van der Waals surface area contributed by atoms with Crippen molar-refractivity contribution in [3.63, 3.8) is 0 Å². The van der Waals surface area contributed by atoms with E-state index in [1.165, 1.54) is 0 Å². The first-order valence-electron chi connectivity index (χ1n) is 10.6. The van der Waals surface area contributed by atoms with Gasteiger partial charge in [0, 0.05) is 11.6 Å². The molecule has 1 aliphatic heterocycles. The van der Waals surface area contributed by atoms with Gasteiger partial charge in [-0.1, -0.05) is 35.9 Å². The molecule has 0 amide bonds. The highest BCUT2D eigenvalue weighted by Gasteiger charge is 2.30. The minimum atomic E-state index is -3.85. The van der Waals surface area contributed by atoms with E-state index in [2.05, 4.69) is 10.2 Å². The molecule has 2 atom stereocenters. The molecule has 10 heteroatoms. The van der Waals surface area contributed by atoms with Crippen LogP contribution >= 0.6 is 11.6 Å². The van der Waals surface area contributed by atoms with E-state index in [0.29, 0.717) is 41.5 Å². The summed E-state index contributed by atoms with van der Waals surface area (Å²) in [4.78, 5) is 0. The van der Waals surface area contributed by atoms with Crippen LogP contribution in [0.1, 0.15) is 41.4 Å². The first-order valence-corrected chi connectivity index (χ1v) is 12.7. The third kappa shape index (κ3) is 5.60. The van der Waals surface area contributed by atoms with Crippen molar-refractivity contribution in [3.05, 3.63) is 76.1 Å². The van der Waals surface area contributed by atoms with Crippen molar-refractivity contribution >= 4 is 21.4 Å². The van der Waals surface area contributed by atoms with E-state index in [1.807, 2.05) is 18.2 Å². The van der Waals surface area contributed by atoms with Gasteiger partial charge < -0.3 is 10.5 Å². The predicted molar refractivity (Wildman–Crippen MR) is 123 cm³/mol. The van der Waals surface area contributed by atoms with Crippen LogP contribution in [0.4, 0.5) is 0 Å². The lowest BCUT2D eigenvalue weighted by atomic mass is 10.1. The highest BCUT2D eigenvalue weighted by atomic mass is 35.5. The molecular formula is C23H24ClN5O3S. The SMILES string of the molecule is N#Cc1cccc(CS(=O)(=O)c2nnc(C(N)Cc3ccc(Cl)cc3)n2CC2CCCO2)c1. The Morgan fingerprint density at radius 2 is 2.00 bits per heavy atom. The fourth-order valence-electron chi connectivity index (χ4n) is 3.95. The molecular weight excluding hydrogens is 462 g/mol. The number of hydrogen-bond donors (Lipinski definition) is 1. The van der Waals surface area contributed by atoms with Crippen molar-refractivity contribution in [2.75, 3.05) is 6.61 Å². The lowest BCUT2D eigenvalue weighted by Crippen LogP contribution is -2.25. The van der Waals surface area contributed by atoms with E-state index >= 15 is 0 Å². The Morgan fingerprint density at radius 3 is 2.70 bits per heavy atom. The molecule has 0 radical (unpaired) electrons. The molecule has 1 saturated heterocycles. The largest absolute Gasteiger partial charge is 0.376 e. The summed E-state index contributed by atoms with van der Waals surface area (Å²) in [6.07, 6.45) is 2.07. The van der Waals surface area contributed by atoms with Crippen LogP contribution in [0.15, 0.2) is 53.7 Å². The van der Waals surface area contributed by atoms with Gasteiger partial charge in [0.1, 0.15) is 0 Å². The summed E-state index contributed by atoms with van der Waals surface area (Å²) in [5, 5.41) is 17.8. The minimum absolute atomic E-state index is 0.127. The van der Waals surface area contributed by atoms with Crippen LogP contribution < -0.4 is 5.73 Å². The standard InChI is InChI=1S/C23H24ClN5O3S/c24-19-8-6-16(7-9-19)12-21(26)22-27-28-23(29(22)14-20-5-2-10-32-20)33(30,31)15-18-4-1-3-17(11-18)13-25/h1,3-4,6-9,11,20-21H,2,5,10,12,14-15,26H2. The molecule has 1 aliphatic rings. The Balaban J connectivity index is 1.65. The second-order valence-electron chi connectivity index (χ2n) is 8.09. The third-order valence-corrected chi connectivity index (χ3v) is 7.37. The van der Waals surface area contributed by atoms with E-state index < -0.39 is 15.9 Å². The third-order valence-electron chi connectivity index (χ3n) is 5.55. The fourth-order valence-corrected chi connectivity index (χ4v) is 5.49. The molecule has 1 fully saturated rings. The van der Waals surface area contributed by atoms with E-state index in [9.17, 15) is 8.42 Å². The molecule has 0 saturated carbocycles. The lowest BCUT2D eigenvalue weighted by molar-refractivity contribution is 0.0937. The summed E-state index contributed by atoms with van der Waals surface area (Å²) in [7, 11) is -3.85. The Hall–Kier alpha value is -2.77.